The molecule has 92 valence electrons. The first-order valence-corrected chi connectivity index (χ1v) is 5.75. The fraction of sp³-hybridized carbons (Fsp3) is 0.667. The number of nitrogens with zero attached hydrogens (tertiary/aromatic N) is 1. The molecule has 3 atom stereocenters. The summed E-state index contributed by atoms with van der Waals surface area (Å²) in [6.07, 6.45) is 7.54. The van der Waals surface area contributed by atoms with Crippen LogP contribution < -0.4 is 11.6 Å². The van der Waals surface area contributed by atoms with Gasteiger partial charge < -0.3 is 10.8 Å². The van der Waals surface area contributed by atoms with Gasteiger partial charge in [-0.3, -0.25) is 5.84 Å². The third-order valence-electron chi connectivity index (χ3n) is 3.01. The van der Waals surface area contributed by atoms with E-state index in [0.29, 0.717) is 12.5 Å². The zero-order valence-electron chi connectivity index (χ0n) is 10.1. The van der Waals surface area contributed by atoms with Crippen LogP contribution in [-0.4, -0.2) is 35.9 Å². The first kappa shape index (κ1) is 13.4. The van der Waals surface area contributed by atoms with Crippen LogP contribution in [0.1, 0.15) is 19.8 Å². The summed E-state index contributed by atoms with van der Waals surface area (Å²) in [5, 5.41) is 11.3. The molecule has 4 nitrogen and oxygen atoms in total. The van der Waals surface area contributed by atoms with Gasteiger partial charge in [0.2, 0.25) is 0 Å². The van der Waals surface area contributed by atoms with Gasteiger partial charge in [-0.05, 0) is 18.8 Å². The lowest BCUT2D eigenvalue weighted by atomic mass is 9.88. The Morgan fingerprint density at radius 1 is 1.62 bits per heavy atom. The zero-order chi connectivity index (χ0) is 12.1. The highest BCUT2D eigenvalue weighted by atomic mass is 16.3. The molecular formula is C12H23N3O. The molecule has 1 rings (SSSR count). The van der Waals surface area contributed by atoms with Crippen molar-refractivity contribution in [3.8, 4) is 0 Å². The standard InChI is InChI=1S/C12H23N3O/c1-9-5-3-4-6-10(9)7-11(13)12(16)8-15(2)14/h3-4,6,9,11-12,16H,5,7-8,13-14H2,1-2H3/t9?,11-,12-/m0/s1. The highest BCUT2D eigenvalue weighted by Crippen LogP contribution is 2.24. The van der Waals surface area contributed by atoms with Crippen LogP contribution >= 0.6 is 0 Å². The van der Waals surface area contributed by atoms with Crippen LogP contribution in [0.5, 0.6) is 0 Å². The average molecular weight is 225 g/mol. The van der Waals surface area contributed by atoms with Gasteiger partial charge in [-0.15, -0.1) is 0 Å². The molecule has 0 bridgehead atoms. The summed E-state index contributed by atoms with van der Waals surface area (Å²) < 4.78 is 0. The van der Waals surface area contributed by atoms with Crippen molar-refractivity contribution in [1.29, 1.82) is 0 Å². The molecule has 4 heteroatoms. The highest BCUT2D eigenvalue weighted by Gasteiger charge is 2.20. The van der Waals surface area contributed by atoms with Crippen molar-refractivity contribution < 1.29 is 5.11 Å². The monoisotopic (exact) mass is 225 g/mol. The van der Waals surface area contributed by atoms with Crippen molar-refractivity contribution in [1.82, 2.24) is 5.01 Å². The second kappa shape index (κ2) is 6.15. The predicted octanol–water partition coefficient (Wildman–Crippen LogP) is 0.393. The lowest BCUT2D eigenvalue weighted by Crippen LogP contribution is -2.44. The molecule has 16 heavy (non-hydrogen) atoms. The van der Waals surface area contributed by atoms with Crippen molar-refractivity contribution in [2.24, 2.45) is 17.5 Å². The summed E-state index contributed by atoms with van der Waals surface area (Å²) in [4.78, 5) is 0. The van der Waals surface area contributed by atoms with E-state index in [1.165, 1.54) is 10.6 Å². The fourth-order valence-electron chi connectivity index (χ4n) is 1.90. The fourth-order valence-corrected chi connectivity index (χ4v) is 1.90. The number of allylic oxidation sites excluding steroid dienone is 3. The molecule has 1 aliphatic carbocycles. The number of aliphatic hydroxyl groups excluding tert-OH is 1. The second-order valence-electron chi connectivity index (χ2n) is 4.68. The zero-order valence-corrected chi connectivity index (χ0v) is 10.1. The van der Waals surface area contributed by atoms with E-state index in [1.807, 2.05) is 0 Å². The van der Waals surface area contributed by atoms with E-state index in [1.54, 1.807) is 7.05 Å². The Balaban J connectivity index is 2.46. The number of hydrazine groups is 1. The molecular weight excluding hydrogens is 202 g/mol. The van der Waals surface area contributed by atoms with Gasteiger partial charge in [0, 0.05) is 19.6 Å². The van der Waals surface area contributed by atoms with Crippen LogP contribution in [0.4, 0.5) is 0 Å². The molecule has 0 saturated heterocycles. The molecule has 0 heterocycles. The third-order valence-corrected chi connectivity index (χ3v) is 3.01. The molecule has 0 fully saturated rings. The minimum Gasteiger partial charge on any atom is -0.390 e. The molecule has 0 aromatic carbocycles. The van der Waals surface area contributed by atoms with Gasteiger partial charge in [-0.1, -0.05) is 30.7 Å². The maximum Gasteiger partial charge on any atom is 0.0834 e. The van der Waals surface area contributed by atoms with Gasteiger partial charge in [-0.2, -0.15) is 0 Å². The van der Waals surface area contributed by atoms with Gasteiger partial charge in [0.25, 0.3) is 0 Å². The Kier molecular flexibility index (Phi) is 5.15. The summed E-state index contributed by atoms with van der Waals surface area (Å²) >= 11 is 0. The van der Waals surface area contributed by atoms with Crippen molar-refractivity contribution in [3.05, 3.63) is 23.8 Å². The van der Waals surface area contributed by atoms with Crippen molar-refractivity contribution in [3.63, 3.8) is 0 Å². The minimum absolute atomic E-state index is 0.244. The number of hydrogen-bond acceptors (Lipinski definition) is 4. The predicted molar refractivity (Wildman–Crippen MR) is 66.4 cm³/mol. The summed E-state index contributed by atoms with van der Waals surface area (Å²) in [5.41, 5.74) is 7.28. The quantitative estimate of drug-likeness (QED) is 0.467. The number of rotatable bonds is 5. The van der Waals surface area contributed by atoms with Gasteiger partial charge in [-0.25, -0.2) is 5.01 Å². The third kappa shape index (κ3) is 4.06. The molecule has 0 aliphatic heterocycles. The van der Waals surface area contributed by atoms with Crippen LogP contribution in [0.25, 0.3) is 0 Å². The molecule has 0 saturated carbocycles. The Labute approximate surface area is 97.6 Å². The summed E-state index contributed by atoms with van der Waals surface area (Å²) in [7, 11) is 1.72. The molecule has 0 aromatic rings. The van der Waals surface area contributed by atoms with Crippen molar-refractivity contribution >= 4 is 0 Å². The molecule has 0 aromatic heterocycles. The Morgan fingerprint density at radius 2 is 2.31 bits per heavy atom. The Morgan fingerprint density at radius 3 is 2.88 bits per heavy atom. The van der Waals surface area contributed by atoms with Crippen LogP contribution in [0.3, 0.4) is 0 Å². The first-order valence-electron chi connectivity index (χ1n) is 5.75. The van der Waals surface area contributed by atoms with Gasteiger partial charge >= 0.3 is 0 Å². The topological polar surface area (TPSA) is 75.5 Å². The smallest absolute Gasteiger partial charge is 0.0834 e. The maximum atomic E-state index is 9.81. The van der Waals surface area contributed by atoms with E-state index in [0.717, 1.165) is 12.8 Å². The summed E-state index contributed by atoms with van der Waals surface area (Å²) in [6, 6.07) is -0.244. The maximum absolute atomic E-state index is 9.81. The van der Waals surface area contributed by atoms with Crippen molar-refractivity contribution in [2.75, 3.05) is 13.6 Å². The highest BCUT2D eigenvalue weighted by molar-refractivity contribution is 5.21. The van der Waals surface area contributed by atoms with E-state index in [-0.39, 0.29) is 6.04 Å². The van der Waals surface area contributed by atoms with Crippen molar-refractivity contribution in [2.45, 2.75) is 31.9 Å². The van der Waals surface area contributed by atoms with E-state index >= 15 is 0 Å². The molecule has 0 spiro atoms. The lowest BCUT2D eigenvalue weighted by molar-refractivity contribution is 0.101. The second-order valence-corrected chi connectivity index (χ2v) is 4.68. The Bertz CT molecular complexity index is 273. The largest absolute Gasteiger partial charge is 0.390 e. The number of nitrogens with two attached hydrogens (primary N) is 2. The number of aliphatic hydroxyl groups is 1. The first-order chi connectivity index (χ1) is 7.50. The minimum atomic E-state index is -0.575. The molecule has 5 N–H and O–H groups in total. The van der Waals surface area contributed by atoms with Crippen LogP contribution in [0, 0.1) is 5.92 Å². The average Bonchev–Trinajstić information content (AvgIpc) is 2.20. The van der Waals surface area contributed by atoms with E-state index < -0.39 is 6.10 Å². The normalized spacial score (nSPS) is 24.4. The lowest BCUT2D eigenvalue weighted by Gasteiger charge is -2.25. The van der Waals surface area contributed by atoms with Gasteiger partial charge in [0.05, 0.1) is 6.10 Å². The number of likely N-dealkylation sites (N-methyl/N-ethyl adjacent to an activating group) is 1. The summed E-state index contributed by atoms with van der Waals surface area (Å²) in [6.45, 7) is 2.59. The van der Waals surface area contributed by atoms with E-state index in [9.17, 15) is 5.11 Å². The SMILES string of the molecule is CC1CC=CC=C1C[C@H](N)[C@@H](O)CN(C)N. The van der Waals surface area contributed by atoms with Crippen LogP contribution in [0.2, 0.25) is 0 Å². The molecule has 0 amide bonds. The number of hydrogen-bond donors (Lipinski definition) is 3. The van der Waals surface area contributed by atoms with E-state index in [2.05, 4.69) is 25.2 Å². The summed E-state index contributed by atoms with van der Waals surface area (Å²) in [5.74, 6) is 6.01. The molecule has 0 radical (unpaired) electrons. The van der Waals surface area contributed by atoms with Crippen LogP contribution in [-0.2, 0) is 0 Å². The van der Waals surface area contributed by atoms with Gasteiger partial charge in [0.15, 0.2) is 0 Å². The molecule has 1 unspecified atom stereocenters. The Hall–Kier alpha value is -0.680. The van der Waals surface area contributed by atoms with E-state index in [4.69, 9.17) is 11.6 Å². The van der Waals surface area contributed by atoms with Gasteiger partial charge in [0.1, 0.15) is 0 Å². The molecule has 1 aliphatic rings. The van der Waals surface area contributed by atoms with Crippen LogP contribution in [0.15, 0.2) is 23.8 Å².